The minimum Gasteiger partial charge on any atom is -0.398 e. The molecule has 1 unspecified atom stereocenters. The molecule has 1 aromatic carbocycles. The van der Waals surface area contributed by atoms with Crippen molar-refractivity contribution in [1.82, 2.24) is 15.0 Å². The predicted molar refractivity (Wildman–Crippen MR) is 72.9 cm³/mol. The zero-order valence-electron chi connectivity index (χ0n) is 11.4. The maximum atomic E-state index is 12.8. The summed E-state index contributed by atoms with van der Waals surface area (Å²) in [6.07, 6.45) is -1.15. The number of hydrazine groups is 1. The number of aryl methyl sites for hydroxylation is 1. The number of benzene rings is 1. The highest BCUT2D eigenvalue weighted by molar-refractivity contribution is 5.52. The fourth-order valence-corrected chi connectivity index (χ4v) is 2.15. The molecular formula is C13H16F3N5. The van der Waals surface area contributed by atoms with Gasteiger partial charge in [-0.2, -0.15) is 13.2 Å². The first-order valence-electron chi connectivity index (χ1n) is 6.32. The molecule has 8 heteroatoms. The quantitative estimate of drug-likeness (QED) is 0.458. The van der Waals surface area contributed by atoms with Gasteiger partial charge in [0.25, 0.3) is 0 Å². The van der Waals surface area contributed by atoms with Crippen molar-refractivity contribution in [3.63, 3.8) is 0 Å². The molecule has 0 saturated carbocycles. The molecule has 0 aliphatic rings. The van der Waals surface area contributed by atoms with E-state index >= 15 is 0 Å². The van der Waals surface area contributed by atoms with Crippen molar-refractivity contribution in [2.24, 2.45) is 5.84 Å². The number of anilines is 1. The summed E-state index contributed by atoms with van der Waals surface area (Å²) in [6, 6.07) is 2.44. The molecule has 0 saturated heterocycles. The second kappa shape index (κ2) is 5.74. The number of nitrogens with zero attached hydrogens (tertiary/aromatic N) is 2. The van der Waals surface area contributed by atoms with E-state index in [1.54, 1.807) is 17.0 Å². The summed E-state index contributed by atoms with van der Waals surface area (Å²) in [4.78, 5) is 4.15. The third-order valence-electron chi connectivity index (χ3n) is 3.24. The van der Waals surface area contributed by atoms with E-state index in [1.165, 1.54) is 6.07 Å². The monoisotopic (exact) mass is 299 g/mol. The van der Waals surface area contributed by atoms with Crippen LogP contribution in [0.5, 0.6) is 0 Å². The molecule has 2 aromatic rings. The van der Waals surface area contributed by atoms with Crippen molar-refractivity contribution in [2.75, 3.05) is 5.73 Å². The number of hydrogen-bond donors (Lipinski definition) is 3. The van der Waals surface area contributed by atoms with Crippen LogP contribution in [-0.2, 0) is 12.7 Å². The lowest BCUT2D eigenvalue weighted by molar-refractivity contribution is -0.137. The van der Waals surface area contributed by atoms with E-state index in [1.807, 2.05) is 6.92 Å². The number of nitrogens with two attached hydrogens (primary N) is 2. The Balaban J connectivity index is 2.52. The number of halogens is 3. The summed E-state index contributed by atoms with van der Waals surface area (Å²) in [5.74, 6) is 6.01. The zero-order valence-corrected chi connectivity index (χ0v) is 11.4. The molecule has 1 heterocycles. The number of nitrogens with one attached hydrogen (secondary N) is 1. The number of imidazole rings is 1. The van der Waals surface area contributed by atoms with E-state index in [0.29, 0.717) is 12.4 Å². The molecular weight excluding hydrogens is 283 g/mol. The molecule has 2 rings (SSSR count). The van der Waals surface area contributed by atoms with Gasteiger partial charge in [0.15, 0.2) is 0 Å². The number of aromatic nitrogens is 2. The number of rotatable bonds is 4. The largest absolute Gasteiger partial charge is 0.416 e. The average molecular weight is 299 g/mol. The fourth-order valence-electron chi connectivity index (χ4n) is 2.15. The predicted octanol–water partition coefficient (Wildman–Crippen LogP) is 2.06. The summed E-state index contributed by atoms with van der Waals surface area (Å²) >= 11 is 0. The normalized spacial score (nSPS) is 13.4. The highest BCUT2D eigenvalue weighted by Gasteiger charge is 2.32. The molecule has 1 aromatic heterocycles. The van der Waals surface area contributed by atoms with Crippen LogP contribution in [0.4, 0.5) is 18.9 Å². The minimum atomic E-state index is -4.44. The van der Waals surface area contributed by atoms with Gasteiger partial charge >= 0.3 is 6.18 Å². The van der Waals surface area contributed by atoms with E-state index in [-0.39, 0.29) is 11.3 Å². The van der Waals surface area contributed by atoms with Gasteiger partial charge in [-0.05, 0) is 25.1 Å². The van der Waals surface area contributed by atoms with Crippen LogP contribution in [0, 0.1) is 0 Å². The maximum Gasteiger partial charge on any atom is 0.416 e. The standard InChI is InChI=1S/C13H16F3N5/c1-2-21-6-5-19-12(21)11(20-18)9-7-8(13(14,15)16)3-4-10(9)17/h3-7,11,20H,2,17-18H2,1H3. The lowest BCUT2D eigenvalue weighted by Gasteiger charge is -2.20. The Morgan fingerprint density at radius 3 is 2.67 bits per heavy atom. The first-order valence-corrected chi connectivity index (χ1v) is 6.32. The fraction of sp³-hybridized carbons (Fsp3) is 0.308. The summed E-state index contributed by atoms with van der Waals surface area (Å²) in [7, 11) is 0. The molecule has 1 atom stereocenters. The molecule has 0 fully saturated rings. The number of alkyl halides is 3. The van der Waals surface area contributed by atoms with Crippen LogP contribution >= 0.6 is 0 Å². The van der Waals surface area contributed by atoms with Gasteiger partial charge in [-0.25, -0.2) is 10.4 Å². The lowest BCUT2D eigenvalue weighted by Crippen LogP contribution is -2.32. The number of hydrogen-bond acceptors (Lipinski definition) is 4. The van der Waals surface area contributed by atoms with Crippen molar-refractivity contribution in [2.45, 2.75) is 25.7 Å². The van der Waals surface area contributed by atoms with E-state index < -0.39 is 17.8 Å². The van der Waals surface area contributed by atoms with E-state index in [0.717, 1.165) is 12.1 Å². The first-order chi connectivity index (χ1) is 9.88. The van der Waals surface area contributed by atoms with Crippen LogP contribution in [0.25, 0.3) is 0 Å². The molecule has 0 amide bonds. The van der Waals surface area contributed by atoms with E-state index in [2.05, 4.69) is 10.4 Å². The second-order valence-corrected chi connectivity index (χ2v) is 4.51. The topological polar surface area (TPSA) is 81.9 Å². The van der Waals surface area contributed by atoms with Crippen molar-refractivity contribution in [1.29, 1.82) is 0 Å². The summed E-state index contributed by atoms with van der Waals surface area (Å²) < 4.78 is 40.3. The van der Waals surface area contributed by atoms with Gasteiger partial charge in [0.1, 0.15) is 11.9 Å². The van der Waals surface area contributed by atoms with Crippen LogP contribution in [0.1, 0.15) is 29.9 Å². The van der Waals surface area contributed by atoms with Gasteiger partial charge in [0, 0.05) is 30.2 Å². The Hall–Kier alpha value is -2.06. The third kappa shape index (κ3) is 3.01. The smallest absolute Gasteiger partial charge is 0.398 e. The zero-order chi connectivity index (χ0) is 15.6. The minimum absolute atomic E-state index is 0.219. The highest BCUT2D eigenvalue weighted by atomic mass is 19.4. The third-order valence-corrected chi connectivity index (χ3v) is 3.24. The Kier molecular flexibility index (Phi) is 4.19. The van der Waals surface area contributed by atoms with Crippen molar-refractivity contribution in [3.8, 4) is 0 Å². The molecule has 5 nitrogen and oxygen atoms in total. The average Bonchev–Trinajstić information content (AvgIpc) is 2.88. The van der Waals surface area contributed by atoms with Gasteiger partial charge in [-0.1, -0.05) is 0 Å². The Morgan fingerprint density at radius 1 is 1.38 bits per heavy atom. The molecule has 5 N–H and O–H groups in total. The SMILES string of the molecule is CCn1ccnc1C(NN)c1cc(C(F)(F)F)ccc1N. The summed E-state index contributed by atoms with van der Waals surface area (Å²) in [5, 5.41) is 0. The molecule has 0 aliphatic carbocycles. The summed E-state index contributed by atoms with van der Waals surface area (Å²) in [6.45, 7) is 2.51. The Morgan fingerprint density at radius 2 is 2.10 bits per heavy atom. The Bertz CT molecular complexity index is 621. The first kappa shape index (κ1) is 15.3. The molecule has 0 aliphatic heterocycles. The number of nitrogen functional groups attached to an aromatic ring is 1. The van der Waals surface area contributed by atoms with E-state index in [4.69, 9.17) is 11.6 Å². The van der Waals surface area contributed by atoms with E-state index in [9.17, 15) is 13.2 Å². The van der Waals surface area contributed by atoms with Gasteiger partial charge in [0.2, 0.25) is 0 Å². The van der Waals surface area contributed by atoms with Crippen LogP contribution < -0.4 is 17.0 Å². The molecule has 0 spiro atoms. The molecule has 21 heavy (non-hydrogen) atoms. The summed E-state index contributed by atoms with van der Waals surface area (Å²) in [5.41, 5.74) is 7.98. The van der Waals surface area contributed by atoms with Crippen molar-refractivity contribution < 1.29 is 13.2 Å². The lowest BCUT2D eigenvalue weighted by atomic mass is 10.0. The molecule has 0 bridgehead atoms. The van der Waals surface area contributed by atoms with Crippen LogP contribution in [0.3, 0.4) is 0 Å². The Labute approximate surface area is 119 Å². The van der Waals surface area contributed by atoms with Gasteiger partial charge in [-0.15, -0.1) is 0 Å². The van der Waals surface area contributed by atoms with Crippen LogP contribution in [-0.4, -0.2) is 9.55 Å². The van der Waals surface area contributed by atoms with Crippen molar-refractivity contribution >= 4 is 5.69 Å². The molecule has 114 valence electrons. The van der Waals surface area contributed by atoms with Gasteiger partial charge < -0.3 is 10.3 Å². The van der Waals surface area contributed by atoms with Gasteiger partial charge in [-0.3, -0.25) is 5.84 Å². The van der Waals surface area contributed by atoms with Gasteiger partial charge in [0.05, 0.1) is 5.56 Å². The van der Waals surface area contributed by atoms with Crippen LogP contribution in [0.2, 0.25) is 0 Å². The van der Waals surface area contributed by atoms with Crippen molar-refractivity contribution in [3.05, 3.63) is 47.5 Å². The van der Waals surface area contributed by atoms with Crippen LogP contribution in [0.15, 0.2) is 30.6 Å². The maximum absolute atomic E-state index is 12.8. The highest BCUT2D eigenvalue weighted by Crippen LogP contribution is 2.34. The molecule has 0 radical (unpaired) electrons. The second-order valence-electron chi connectivity index (χ2n) is 4.51.